The van der Waals surface area contributed by atoms with Crippen LogP contribution in [0.5, 0.6) is 0 Å². The molecule has 0 bridgehead atoms. The van der Waals surface area contributed by atoms with Crippen molar-refractivity contribution >= 4 is 28.9 Å². The van der Waals surface area contributed by atoms with Gasteiger partial charge in [0.05, 0.1) is 5.56 Å². The zero-order valence-electron chi connectivity index (χ0n) is 12.8. The van der Waals surface area contributed by atoms with Gasteiger partial charge >= 0.3 is 12.1 Å². The van der Waals surface area contributed by atoms with Gasteiger partial charge < -0.3 is 10.1 Å². The summed E-state index contributed by atoms with van der Waals surface area (Å²) in [7, 11) is 0. The molecule has 1 atom stereocenters. The van der Waals surface area contributed by atoms with E-state index in [1.807, 2.05) is 6.92 Å². The van der Waals surface area contributed by atoms with Gasteiger partial charge in [0, 0.05) is 10.6 Å². The summed E-state index contributed by atoms with van der Waals surface area (Å²) >= 11 is 1.23. The van der Waals surface area contributed by atoms with Crippen molar-refractivity contribution in [3.05, 3.63) is 51.7 Å². The number of carbonyl (C=O) groups is 2. The molecule has 4 nitrogen and oxygen atoms in total. The van der Waals surface area contributed by atoms with Crippen molar-refractivity contribution in [1.82, 2.24) is 0 Å². The predicted molar refractivity (Wildman–Crippen MR) is 84.0 cm³/mol. The number of hydrogen-bond acceptors (Lipinski definition) is 4. The lowest BCUT2D eigenvalue weighted by molar-refractivity contribution is -0.137. The minimum atomic E-state index is -4.50. The van der Waals surface area contributed by atoms with Crippen molar-refractivity contribution < 1.29 is 27.5 Å². The van der Waals surface area contributed by atoms with E-state index in [4.69, 9.17) is 4.74 Å². The van der Waals surface area contributed by atoms with Crippen LogP contribution in [-0.2, 0) is 15.7 Å². The number of rotatable bonds is 4. The average molecular weight is 357 g/mol. The third kappa shape index (κ3) is 4.58. The first-order valence-corrected chi connectivity index (χ1v) is 7.74. The van der Waals surface area contributed by atoms with Crippen LogP contribution in [0.15, 0.2) is 36.4 Å². The molecular formula is C16H14F3NO3S. The number of anilines is 1. The number of aryl methyl sites for hydroxylation is 1. The molecule has 8 heteroatoms. The number of hydrogen-bond donors (Lipinski definition) is 1. The summed E-state index contributed by atoms with van der Waals surface area (Å²) < 4.78 is 43.0. The SMILES string of the molecule is Cc1ccc(C(=O)OC(C)C(=O)Nc2cccc(C(F)(F)F)c2)s1. The second-order valence-corrected chi connectivity index (χ2v) is 6.31. The summed E-state index contributed by atoms with van der Waals surface area (Å²) in [4.78, 5) is 25.1. The summed E-state index contributed by atoms with van der Waals surface area (Å²) in [6, 6.07) is 7.55. The molecule has 0 saturated carbocycles. The number of alkyl halides is 3. The third-order valence-electron chi connectivity index (χ3n) is 3.05. The number of ether oxygens (including phenoxy) is 1. The van der Waals surface area contributed by atoms with Crippen LogP contribution in [0.3, 0.4) is 0 Å². The Balaban J connectivity index is 2.00. The van der Waals surface area contributed by atoms with Gasteiger partial charge in [-0.3, -0.25) is 4.79 Å². The highest BCUT2D eigenvalue weighted by molar-refractivity contribution is 7.13. The van der Waals surface area contributed by atoms with Crippen molar-refractivity contribution in [1.29, 1.82) is 0 Å². The van der Waals surface area contributed by atoms with E-state index in [9.17, 15) is 22.8 Å². The van der Waals surface area contributed by atoms with Gasteiger partial charge in [0.2, 0.25) is 0 Å². The van der Waals surface area contributed by atoms with E-state index < -0.39 is 29.7 Å². The Hall–Kier alpha value is -2.35. The summed E-state index contributed by atoms with van der Waals surface area (Å²) in [6.07, 6.45) is -5.65. The fraction of sp³-hybridized carbons (Fsp3) is 0.250. The normalized spacial score (nSPS) is 12.5. The highest BCUT2D eigenvalue weighted by Gasteiger charge is 2.30. The van der Waals surface area contributed by atoms with Gasteiger partial charge in [-0.05, 0) is 44.2 Å². The monoisotopic (exact) mass is 357 g/mol. The van der Waals surface area contributed by atoms with E-state index in [1.165, 1.54) is 30.4 Å². The fourth-order valence-corrected chi connectivity index (χ4v) is 2.58. The lowest BCUT2D eigenvalue weighted by Gasteiger charge is -2.14. The lowest BCUT2D eigenvalue weighted by Crippen LogP contribution is -2.29. The largest absolute Gasteiger partial charge is 0.448 e. The summed E-state index contributed by atoms with van der Waals surface area (Å²) in [5, 5.41) is 2.30. The molecule has 2 aromatic rings. The number of halogens is 3. The Morgan fingerprint density at radius 2 is 1.92 bits per heavy atom. The van der Waals surface area contributed by atoms with Gasteiger partial charge in [-0.2, -0.15) is 13.2 Å². The highest BCUT2D eigenvalue weighted by Crippen LogP contribution is 2.30. The smallest absolute Gasteiger partial charge is 0.416 e. The molecule has 1 N–H and O–H groups in total. The molecule has 1 aromatic carbocycles. The fourth-order valence-electron chi connectivity index (χ4n) is 1.83. The van der Waals surface area contributed by atoms with E-state index >= 15 is 0 Å². The van der Waals surface area contributed by atoms with Crippen LogP contribution in [-0.4, -0.2) is 18.0 Å². The first-order valence-electron chi connectivity index (χ1n) is 6.92. The van der Waals surface area contributed by atoms with Gasteiger partial charge in [-0.1, -0.05) is 6.07 Å². The van der Waals surface area contributed by atoms with E-state index in [0.29, 0.717) is 4.88 Å². The van der Waals surface area contributed by atoms with Gasteiger partial charge in [0.15, 0.2) is 6.10 Å². The number of amides is 1. The minimum Gasteiger partial charge on any atom is -0.448 e. The minimum absolute atomic E-state index is 0.0234. The van der Waals surface area contributed by atoms with Crippen LogP contribution < -0.4 is 5.32 Å². The molecule has 1 unspecified atom stereocenters. The molecule has 1 aromatic heterocycles. The van der Waals surface area contributed by atoms with E-state index in [1.54, 1.807) is 12.1 Å². The molecule has 0 saturated heterocycles. The number of thiophene rings is 1. The molecule has 24 heavy (non-hydrogen) atoms. The van der Waals surface area contributed by atoms with Crippen molar-refractivity contribution in [2.75, 3.05) is 5.32 Å². The van der Waals surface area contributed by atoms with Gasteiger partial charge in [-0.15, -0.1) is 11.3 Å². The number of nitrogens with one attached hydrogen (secondary N) is 1. The Morgan fingerprint density at radius 3 is 2.50 bits per heavy atom. The standard InChI is InChI=1S/C16H14F3NO3S/c1-9-6-7-13(24-9)15(22)23-10(2)14(21)20-12-5-3-4-11(8-12)16(17,18)19/h3-8,10H,1-2H3,(H,20,21). The van der Waals surface area contributed by atoms with Crippen LogP contribution in [0, 0.1) is 6.92 Å². The van der Waals surface area contributed by atoms with E-state index in [-0.39, 0.29) is 5.69 Å². The molecule has 0 aliphatic rings. The number of esters is 1. The molecule has 0 radical (unpaired) electrons. The Kier molecular flexibility index (Phi) is 5.28. The third-order valence-corrected chi connectivity index (χ3v) is 4.03. The molecule has 0 fully saturated rings. The quantitative estimate of drug-likeness (QED) is 0.832. The topological polar surface area (TPSA) is 55.4 Å². The first-order chi connectivity index (χ1) is 11.2. The Bertz CT molecular complexity index is 755. The maximum absolute atomic E-state index is 12.6. The summed E-state index contributed by atoms with van der Waals surface area (Å²) in [5.41, 5.74) is -0.899. The highest BCUT2D eigenvalue weighted by atomic mass is 32.1. The Morgan fingerprint density at radius 1 is 1.21 bits per heavy atom. The molecule has 2 rings (SSSR count). The zero-order chi connectivity index (χ0) is 17.9. The van der Waals surface area contributed by atoms with Crippen molar-refractivity contribution in [2.45, 2.75) is 26.1 Å². The maximum atomic E-state index is 12.6. The molecular weight excluding hydrogens is 343 g/mol. The maximum Gasteiger partial charge on any atom is 0.416 e. The van der Waals surface area contributed by atoms with Crippen LogP contribution in [0.1, 0.15) is 27.0 Å². The van der Waals surface area contributed by atoms with Gasteiger partial charge in [0.25, 0.3) is 5.91 Å². The molecule has 0 aliphatic heterocycles. The molecule has 128 valence electrons. The average Bonchev–Trinajstić information content (AvgIpc) is 2.93. The number of benzene rings is 1. The molecule has 0 aliphatic carbocycles. The molecule has 1 amide bonds. The van der Waals surface area contributed by atoms with E-state index in [2.05, 4.69) is 5.32 Å². The second-order valence-electron chi connectivity index (χ2n) is 5.03. The van der Waals surface area contributed by atoms with Crippen molar-refractivity contribution in [3.63, 3.8) is 0 Å². The predicted octanol–water partition coefficient (Wildman–Crippen LogP) is 4.26. The first kappa shape index (κ1) is 18.0. The summed E-state index contributed by atoms with van der Waals surface area (Å²) in [5.74, 6) is -1.37. The van der Waals surface area contributed by atoms with E-state index in [0.717, 1.165) is 17.0 Å². The van der Waals surface area contributed by atoms with Crippen LogP contribution >= 0.6 is 11.3 Å². The molecule has 1 heterocycles. The van der Waals surface area contributed by atoms with Crippen LogP contribution in [0.25, 0.3) is 0 Å². The zero-order valence-corrected chi connectivity index (χ0v) is 13.6. The number of carbonyl (C=O) groups excluding carboxylic acids is 2. The van der Waals surface area contributed by atoms with Crippen LogP contribution in [0.4, 0.5) is 18.9 Å². The van der Waals surface area contributed by atoms with Crippen molar-refractivity contribution in [2.24, 2.45) is 0 Å². The Labute approximate surface area is 140 Å². The molecule has 0 spiro atoms. The van der Waals surface area contributed by atoms with Crippen LogP contribution in [0.2, 0.25) is 0 Å². The summed E-state index contributed by atoms with van der Waals surface area (Å²) in [6.45, 7) is 3.17. The van der Waals surface area contributed by atoms with Gasteiger partial charge in [0.1, 0.15) is 4.88 Å². The van der Waals surface area contributed by atoms with Gasteiger partial charge in [-0.25, -0.2) is 4.79 Å². The second kappa shape index (κ2) is 7.04. The lowest BCUT2D eigenvalue weighted by atomic mass is 10.2. The van der Waals surface area contributed by atoms with Crippen molar-refractivity contribution in [3.8, 4) is 0 Å².